The molecule has 1 aliphatic carbocycles. The molecule has 0 saturated heterocycles. The minimum absolute atomic E-state index is 0.0640. The molecule has 2 rings (SSSR count). The van der Waals surface area contributed by atoms with Crippen molar-refractivity contribution >= 4 is 23.3 Å². The van der Waals surface area contributed by atoms with Gasteiger partial charge in [-0.05, 0) is 37.1 Å². The number of carboxylic acids is 1. The van der Waals surface area contributed by atoms with Crippen LogP contribution in [0.1, 0.15) is 43.5 Å². The topological polar surface area (TPSA) is 78.4 Å². The minimum atomic E-state index is -1.06. The maximum Gasteiger partial charge on any atom is 0.329 e. The van der Waals surface area contributed by atoms with Crippen LogP contribution in [0.3, 0.4) is 0 Å². The van der Waals surface area contributed by atoms with E-state index >= 15 is 0 Å². The van der Waals surface area contributed by atoms with Crippen LogP contribution in [-0.2, 0) is 4.79 Å². The first kappa shape index (κ1) is 13.9. The average molecular weight is 282 g/mol. The van der Waals surface area contributed by atoms with Gasteiger partial charge in [0.15, 0.2) is 0 Å². The minimum Gasteiger partial charge on any atom is -0.480 e. The van der Waals surface area contributed by atoms with Crippen molar-refractivity contribution in [2.24, 2.45) is 0 Å². The Morgan fingerprint density at radius 1 is 1.53 bits per heavy atom. The molecule has 0 bridgehead atoms. The number of hydrogen-bond donors (Lipinski definition) is 3. The SMILES string of the molecule is CCC(NC(=O)NC1(C(=O)O)CCC1)c1cccs1. The third kappa shape index (κ3) is 2.89. The molecule has 1 aliphatic rings. The molecule has 6 heteroatoms. The number of urea groups is 1. The standard InChI is InChI=1S/C13H18N2O3S/c1-2-9(10-5-3-8-19-10)14-12(18)15-13(11(16)17)6-4-7-13/h3,5,8-9H,2,4,6-7H2,1H3,(H,16,17)(H2,14,15,18). The molecule has 1 heterocycles. The Bertz CT molecular complexity index is 454. The predicted molar refractivity (Wildman–Crippen MR) is 73.2 cm³/mol. The van der Waals surface area contributed by atoms with E-state index in [4.69, 9.17) is 5.11 Å². The molecule has 1 atom stereocenters. The van der Waals surface area contributed by atoms with Gasteiger partial charge < -0.3 is 15.7 Å². The van der Waals surface area contributed by atoms with Crippen LogP contribution in [0.4, 0.5) is 4.79 Å². The molecule has 1 aromatic rings. The van der Waals surface area contributed by atoms with Crippen molar-refractivity contribution in [3.63, 3.8) is 0 Å². The second-order valence-electron chi connectivity index (χ2n) is 4.82. The van der Waals surface area contributed by atoms with Crippen molar-refractivity contribution in [2.45, 2.75) is 44.2 Å². The first-order chi connectivity index (χ1) is 9.07. The Balaban J connectivity index is 1.95. The average Bonchev–Trinajstić information content (AvgIpc) is 2.83. The monoisotopic (exact) mass is 282 g/mol. The first-order valence-corrected chi connectivity index (χ1v) is 7.31. The molecule has 3 N–H and O–H groups in total. The van der Waals surface area contributed by atoms with Gasteiger partial charge in [0.1, 0.15) is 5.54 Å². The summed E-state index contributed by atoms with van der Waals surface area (Å²) in [5, 5.41) is 16.6. The van der Waals surface area contributed by atoms with Gasteiger partial charge in [-0.25, -0.2) is 9.59 Å². The van der Waals surface area contributed by atoms with Gasteiger partial charge in [0.05, 0.1) is 6.04 Å². The summed E-state index contributed by atoms with van der Waals surface area (Å²) in [5.41, 5.74) is -1.06. The molecule has 0 radical (unpaired) electrons. The Kier molecular flexibility index (Phi) is 4.09. The molecule has 0 aromatic carbocycles. The molecule has 2 amide bonds. The molecular weight excluding hydrogens is 264 g/mol. The lowest BCUT2D eigenvalue weighted by Gasteiger charge is -2.38. The summed E-state index contributed by atoms with van der Waals surface area (Å²) >= 11 is 1.58. The van der Waals surface area contributed by atoms with Gasteiger partial charge in [0.25, 0.3) is 0 Å². The van der Waals surface area contributed by atoms with E-state index in [1.54, 1.807) is 11.3 Å². The van der Waals surface area contributed by atoms with Crippen molar-refractivity contribution in [3.05, 3.63) is 22.4 Å². The first-order valence-electron chi connectivity index (χ1n) is 6.43. The van der Waals surface area contributed by atoms with E-state index < -0.39 is 17.5 Å². The highest BCUT2D eigenvalue weighted by atomic mass is 32.1. The van der Waals surface area contributed by atoms with Gasteiger partial charge in [-0.1, -0.05) is 13.0 Å². The zero-order valence-electron chi connectivity index (χ0n) is 10.8. The van der Waals surface area contributed by atoms with Gasteiger partial charge in [0, 0.05) is 4.88 Å². The van der Waals surface area contributed by atoms with Crippen LogP contribution in [-0.4, -0.2) is 22.6 Å². The number of carbonyl (C=O) groups is 2. The number of thiophene rings is 1. The van der Waals surface area contributed by atoms with Crippen LogP contribution in [0.15, 0.2) is 17.5 Å². The fourth-order valence-electron chi connectivity index (χ4n) is 2.20. The highest BCUT2D eigenvalue weighted by Gasteiger charge is 2.45. The van der Waals surface area contributed by atoms with Crippen LogP contribution in [0.25, 0.3) is 0 Å². The van der Waals surface area contributed by atoms with E-state index in [-0.39, 0.29) is 6.04 Å². The molecule has 1 saturated carbocycles. The predicted octanol–water partition coefficient (Wildman–Crippen LogP) is 2.51. The summed E-state index contributed by atoms with van der Waals surface area (Å²) in [5.74, 6) is -0.946. The van der Waals surface area contributed by atoms with Gasteiger partial charge in [0.2, 0.25) is 0 Å². The van der Waals surface area contributed by atoms with Gasteiger partial charge >= 0.3 is 12.0 Å². The fraction of sp³-hybridized carbons (Fsp3) is 0.538. The van der Waals surface area contributed by atoms with Gasteiger partial charge in [-0.2, -0.15) is 0 Å². The summed E-state index contributed by atoms with van der Waals surface area (Å²) in [4.78, 5) is 24.2. The molecule has 0 aliphatic heterocycles. The summed E-state index contributed by atoms with van der Waals surface area (Å²) in [6.07, 6.45) is 2.62. The smallest absolute Gasteiger partial charge is 0.329 e. The Labute approximate surface area is 116 Å². The maximum absolute atomic E-state index is 11.9. The van der Waals surface area contributed by atoms with Crippen LogP contribution in [0, 0.1) is 0 Å². The van der Waals surface area contributed by atoms with E-state index in [0.717, 1.165) is 17.7 Å². The third-order valence-electron chi connectivity index (χ3n) is 3.57. The zero-order chi connectivity index (χ0) is 13.9. The molecule has 1 aromatic heterocycles. The van der Waals surface area contributed by atoms with Crippen LogP contribution in [0.2, 0.25) is 0 Å². The van der Waals surface area contributed by atoms with Crippen molar-refractivity contribution in [3.8, 4) is 0 Å². The Morgan fingerprint density at radius 2 is 2.26 bits per heavy atom. The number of rotatable bonds is 5. The molecule has 0 spiro atoms. The normalized spacial score (nSPS) is 18.2. The summed E-state index contributed by atoms with van der Waals surface area (Å²) in [6, 6.07) is 3.44. The Hall–Kier alpha value is -1.56. The Morgan fingerprint density at radius 3 is 2.68 bits per heavy atom. The van der Waals surface area contributed by atoms with Gasteiger partial charge in [-0.3, -0.25) is 0 Å². The summed E-state index contributed by atoms with van der Waals surface area (Å²) in [6.45, 7) is 1.99. The molecule has 104 valence electrons. The number of amides is 2. The molecule has 1 fully saturated rings. The number of aliphatic carboxylic acids is 1. The second kappa shape index (κ2) is 5.61. The lowest BCUT2D eigenvalue weighted by atomic mass is 9.77. The fourth-order valence-corrected chi connectivity index (χ4v) is 3.06. The van der Waals surface area contributed by atoms with Crippen LogP contribution >= 0.6 is 11.3 Å². The summed E-state index contributed by atoms with van der Waals surface area (Å²) < 4.78 is 0. The van der Waals surface area contributed by atoms with Crippen LogP contribution in [0.5, 0.6) is 0 Å². The lowest BCUT2D eigenvalue weighted by Crippen LogP contribution is -2.61. The molecule has 1 unspecified atom stereocenters. The quantitative estimate of drug-likeness (QED) is 0.776. The number of carboxylic acid groups (broad SMARTS) is 1. The van der Waals surface area contributed by atoms with Crippen molar-refractivity contribution in [1.82, 2.24) is 10.6 Å². The van der Waals surface area contributed by atoms with Crippen molar-refractivity contribution < 1.29 is 14.7 Å². The van der Waals surface area contributed by atoms with E-state index in [9.17, 15) is 9.59 Å². The number of nitrogens with one attached hydrogen (secondary N) is 2. The number of hydrogen-bond acceptors (Lipinski definition) is 3. The van der Waals surface area contributed by atoms with Gasteiger partial charge in [-0.15, -0.1) is 11.3 Å². The van der Waals surface area contributed by atoms with Crippen molar-refractivity contribution in [2.75, 3.05) is 0 Å². The van der Waals surface area contributed by atoms with Crippen molar-refractivity contribution in [1.29, 1.82) is 0 Å². The number of carbonyl (C=O) groups excluding carboxylic acids is 1. The van der Waals surface area contributed by atoms with Crippen LogP contribution < -0.4 is 10.6 Å². The maximum atomic E-state index is 11.9. The van der Waals surface area contributed by atoms with E-state index in [0.29, 0.717) is 12.8 Å². The third-order valence-corrected chi connectivity index (χ3v) is 4.56. The second-order valence-corrected chi connectivity index (χ2v) is 5.79. The van der Waals surface area contributed by atoms with E-state index in [1.807, 2.05) is 24.4 Å². The van der Waals surface area contributed by atoms with E-state index in [1.165, 1.54) is 0 Å². The summed E-state index contributed by atoms with van der Waals surface area (Å²) in [7, 11) is 0. The molecule has 5 nitrogen and oxygen atoms in total. The largest absolute Gasteiger partial charge is 0.480 e. The molecular formula is C13H18N2O3S. The van der Waals surface area contributed by atoms with E-state index in [2.05, 4.69) is 10.6 Å². The highest BCUT2D eigenvalue weighted by molar-refractivity contribution is 7.10. The zero-order valence-corrected chi connectivity index (χ0v) is 11.6. The highest BCUT2D eigenvalue weighted by Crippen LogP contribution is 2.32. The molecule has 19 heavy (non-hydrogen) atoms. The lowest BCUT2D eigenvalue weighted by molar-refractivity contribution is -0.148.